The molecule has 6 heteroatoms. The third-order valence-electron chi connectivity index (χ3n) is 4.32. The van der Waals surface area contributed by atoms with Crippen molar-refractivity contribution in [1.82, 2.24) is 10.2 Å². The SMILES string of the molecule is CN(CC(=O)NCc1cccc(COCc2ccccc2)c1)C(=O)c1ccco1. The Morgan fingerprint density at radius 3 is 2.41 bits per heavy atom. The van der Waals surface area contributed by atoms with Crippen molar-refractivity contribution in [1.29, 1.82) is 0 Å². The number of nitrogens with one attached hydrogen (secondary N) is 1. The zero-order valence-corrected chi connectivity index (χ0v) is 16.3. The molecule has 0 saturated heterocycles. The van der Waals surface area contributed by atoms with Gasteiger partial charge in [0.1, 0.15) is 0 Å². The molecule has 1 aromatic heterocycles. The van der Waals surface area contributed by atoms with Crippen LogP contribution in [0.25, 0.3) is 0 Å². The molecule has 2 amide bonds. The lowest BCUT2D eigenvalue weighted by atomic mass is 10.1. The molecule has 0 aliphatic rings. The highest BCUT2D eigenvalue weighted by molar-refractivity contribution is 5.94. The molecule has 0 unspecified atom stereocenters. The van der Waals surface area contributed by atoms with Gasteiger partial charge in [-0.1, -0.05) is 54.6 Å². The zero-order valence-electron chi connectivity index (χ0n) is 16.3. The first-order valence-corrected chi connectivity index (χ1v) is 9.37. The van der Waals surface area contributed by atoms with Crippen LogP contribution in [0, 0.1) is 0 Å². The normalized spacial score (nSPS) is 10.5. The van der Waals surface area contributed by atoms with Crippen molar-refractivity contribution in [2.24, 2.45) is 0 Å². The minimum atomic E-state index is -0.331. The Morgan fingerprint density at radius 1 is 0.931 bits per heavy atom. The maximum absolute atomic E-state index is 12.2. The summed E-state index contributed by atoms with van der Waals surface area (Å²) in [4.78, 5) is 25.6. The fourth-order valence-corrected chi connectivity index (χ4v) is 2.82. The molecule has 0 radical (unpaired) electrons. The Morgan fingerprint density at radius 2 is 1.66 bits per heavy atom. The van der Waals surface area contributed by atoms with E-state index in [4.69, 9.17) is 9.15 Å². The van der Waals surface area contributed by atoms with Crippen LogP contribution in [0.15, 0.2) is 77.4 Å². The predicted molar refractivity (Wildman–Crippen MR) is 109 cm³/mol. The molecule has 1 N–H and O–H groups in total. The number of likely N-dealkylation sites (N-methyl/N-ethyl adjacent to an activating group) is 1. The fraction of sp³-hybridized carbons (Fsp3) is 0.217. The van der Waals surface area contributed by atoms with E-state index < -0.39 is 0 Å². The molecule has 3 aromatic rings. The van der Waals surface area contributed by atoms with Gasteiger partial charge in [-0.25, -0.2) is 0 Å². The molecule has 0 atom stereocenters. The second-order valence-electron chi connectivity index (χ2n) is 6.71. The van der Waals surface area contributed by atoms with E-state index in [1.807, 2.05) is 54.6 Å². The van der Waals surface area contributed by atoms with E-state index >= 15 is 0 Å². The first kappa shape index (κ1) is 20.4. The van der Waals surface area contributed by atoms with Crippen LogP contribution in [0.5, 0.6) is 0 Å². The van der Waals surface area contributed by atoms with Crippen LogP contribution in [0.4, 0.5) is 0 Å². The quantitative estimate of drug-likeness (QED) is 0.606. The van der Waals surface area contributed by atoms with E-state index in [-0.39, 0.29) is 24.1 Å². The number of ether oxygens (including phenoxy) is 1. The number of hydrogen-bond acceptors (Lipinski definition) is 4. The topological polar surface area (TPSA) is 71.8 Å². The molecule has 0 fully saturated rings. The number of benzene rings is 2. The lowest BCUT2D eigenvalue weighted by molar-refractivity contribution is -0.121. The molecule has 0 aliphatic carbocycles. The Kier molecular flexibility index (Phi) is 7.19. The Hall–Kier alpha value is -3.38. The molecule has 3 rings (SSSR count). The second kappa shape index (κ2) is 10.2. The maximum Gasteiger partial charge on any atom is 0.289 e. The number of amides is 2. The lowest BCUT2D eigenvalue weighted by Crippen LogP contribution is -2.38. The molecule has 0 aliphatic heterocycles. The summed E-state index contributed by atoms with van der Waals surface area (Å²) in [5.41, 5.74) is 3.14. The fourth-order valence-electron chi connectivity index (χ4n) is 2.82. The molecule has 150 valence electrons. The van der Waals surface area contributed by atoms with Crippen LogP contribution in [0.3, 0.4) is 0 Å². The van der Waals surface area contributed by atoms with Crippen LogP contribution in [0.1, 0.15) is 27.2 Å². The summed E-state index contributed by atoms with van der Waals surface area (Å²) in [5.74, 6) is -0.357. The highest BCUT2D eigenvalue weighted by Crippen LogP contribution is 2.09. The van der Waals surface area contributed by atoms with Gasteiger partial charge < -0.3 is 19.4 Å². The monoisotopic (exact) mass is 392 g/mol. The van der Waals surface area contributed by atoms with E-state index in [1.165, 1.54) is 11.2 Å². The molecule has 2 aromatic carbocycles. The third-order valence-corrected chi connectivity index (χ3v) is 4.32. The molecule has 0 saturated carbocycles. The molecule has 6 nitrogen and oxygen atoms in total. The molecule has 1 heterocycles. The summed E-state index contributed by atoms with van der Waals surface area (Å²) >= 11 is 0. The Labute approximate surface area is 170 Å². The van der Waals surface area contributed by atoms with Gasteiger partial charge in [0.2, 0.25) is 5.91 Å². The van der Waals surface area contributed by atoms with Crippen LogP contribution < -0.4 is 5.32 Å². The van der Waals surface area contributed by atoms with Crippen molar-refractivity contribution in [3.8, 4) is 0 Å². The first-order valence-electron chi connectivity index (χ1n) is 9.37. The van der Waals surface area contributed by atoms with Crippen molar-refractivity contribution in [3.05, 3.63) is 95.4 Å². The highest BCUT2D eigenvalue weighted by atomic mass is 16.5. The van der Waals surface area contributed by atoms with E-state index in [0.717, 1.165) is 16.7 Å². The minimum Gasteiger partial charge on any atom is -0.459 e. The number of furan rings is 1. The highest BCUT2D eigenvalue weighted by Gasteiger charge is 2.16. The summed E-state index contributed by atoms with van der Waals surface area (Å²) in [5, 5.41) is 2.83. The second-order valence-corrected chi connectivity index (χ2v) is 6.71. The van der Waals surface area contributed by atoms with E-state index in [1.54, 1.807) is 19.2 Å². The summed E-state index contributed by atoms with van der Waals surface area (Å²) < 4.78 is 10.8. The summed E-state index contributed by atoms with van der Waals surface area (Å²) in [6, 6.07) is 21.1. The summed E-state index contributed by atoms with van der Waals surface area (Å²) in [7, 11) is 1.56. The molecular formula is C23H24N2O4. The van der Waals surface area contributed by atoms with Crippen LogP contribution in [-0.4, -0.2) is 30.3 Å². The van der Waals surface area contributed by atoms with E-state index in [2.05, 4.69) is 5.32 Å². The van der Waals surface area contributed by atoms with E-state index in [0.29, 0.717) is 19.8 Å². The minimum absolute atomic E-state index is 0.0423. The van der Waals surface area contributed by atoms with Gasteiger partial charge in [0.05, 0.1) is 26.0 Å². The van der Waals surface area contributed by atoms with Gasteiger partial charge in [0, 0.05) is 13.6 Å². The van der Waals surface area contributed by atoms with Crippen molar-refractivity contribution in [2.45, 2.75) is 19.8 Å². The van der Waals surface area contributed by atoms with E-state index in [9.17, 15) is 9.59 Å². The van der Waals surface area contributed by atoms with Gasteiger partial charge in [-0.15, -0.1) is 0 Å². The third kappa shape index (κ3) is 6.33. The number of hydrogen-bond donors (Lipinski definition) is 1. The summed E-state index contributed by atoms with van der Waals surface area (Å²) in [6.45, 7) is 1.39. The largest absolute Gasteiger partial charge is 0.459 e. The molecular weight excluding hydrogens is 368 g/mol. The van der Waals surface area contributed by atoms with Crippen LogP contribution in [0.2, 0.25) is 0 Å². The molecule has 0 bridgehead atoms. The Balaban J connectivity index is 1.43. The van der Waals surface area contributed by atoms with Crippen molar-refractivity contribution in [3.63, 3.8) is 0 Å². The van der Waals surface area contributed by atoms with Crippen LogP contribution >= 0.6 is 0 Å². The number of rotatable bonds is 9. The predicted octanol–water partition coefficient (Wildman–Crippen LogP) is 3.38. The van der Waals surface area contributed by atoms with Gasteiger partial charge in [0.25, 0.3) is 5.91 Å². The average Bonchev–Trinajstić information content (AvgIpc) is 3.28. The average molecular weight is 392 g/mol. The van der Waals surface area contributed by atoms with Gasteiger partial charge in [-0.3, -0.25) is 9.59 Å². The molecule has 29 heavy (non-hydrogen) atoms. The standard InChI is InChI=1S/C23H24N2O4/c1-25(23(27)21-11-6-12-29-21)15-22(26)24-14-19-9-5-10-20(13-19)17-28-16-18-7-3-2-4-8-18/h2-13H,14-17H2,1H3,(H,24,26). The van der Waals surface area contributed by atoms with Gasteiger partial charge in [-0.2, -0.15) is 0 Å². The smallest absolute Gasteiger partial charge is 0.289 e. The lowest BCUT2D eigenvalue weighted by Gasteiger charge is -2.15. The molecule has 0 spiro atoms. The number of nitrogens with zero attached hydrogens (tertiary/aromatic N) is 1. The maximum atomic E-state index is 12.2. The van der Waals surface area contributed by atoms with Crippen molar-refractivity contribution >= 4 is 11.8 Å². The first-order chi connectivity index (χ1) is 14.1. The van der Waals surface area contributed by atoms with Gasteiger partial charge in [0.15, 0.2) is 5.76 Å². The number of carbonyl (C=O) groups excluding carboxylic acids is 2. The zero-order chi connectivity index (χ0) is 20.5. The number of carbonyl (C=O) groups is 2. The van der Waals surface area contributed by atoms with Crippen molar-refractivity contribution in [2.75, 3.05) is 13.6 Å². The Bertz CT molecular complexity index is 923. The van der Waals surface area contributed by atoms with Gasteiger partial charge in [-0.05, 0) is 28.8 Å². The summed E-state index contributed by atoms with van der Waals surface area (Å²) in [6.07, 6.45) is 1.43. The van der Waals surface area contributed by atoms with Crippen molar-refractivity contribution < 1.29 is 18.7 Å². The van der Waals surface area contributed by atoms with Crippen LogP contribution in [-0.2, 0) is 29.3 Å². The van der Waals surface area contributed by atoms with Gasteiger partial charge >= 0.3 is 0 Å².